The summed E-state index contributed by atoms with van der Waals surface area (Å²) in [5, 5.41) is 20.1. The van der Waals surface area contributed by atoms with E-state index >= 15 is 0 Å². The Balaban J connectivity index is 1.48. The van der Waals surface area contributed by atoms with Crippen LogP contribution in [0.25, 0.3) is 22.0 Å². The summed E-state index contributed by atoms with van der Waals surface area (Å²) in [7, 11) is 1.53. The second-order valence-electron chi connectivity index (χ2n) is 8.77. The van der Waals surface area contributed by atoms with Crippen LogP contribution < -0.4 is 20.7 Å². The molecule has 2 aromatic heterocycles. The number of nitrogens with zero attached hydrogens (tertiary/aromatic N) is 3. The van der Waals surface area contributed by atoms with Crippen molar-refractivity contribution in [3.63, 3.8) is 0 Å². The number of hydrogen-bond donors (Lipinski definition) is 4. The molecule has 4 aromatic rings. The molecule has 1 atom stereocenters. The largest absolute Gasteiger partial charge is 0.480 e. The van der Waals surface area contributed by atoms with Crippen molar-refractivity contribution in [2.45, 2.75) is 5.60 Å². The normalized spacial score (nSPS) is 17.1. The number of carbonyl (C=O) groups is 1. The number of aromatic nitrogens is 3. The van der Waals surface area contributed by atoms with Crippen LogP contribution in [0.1, 0.15) is 5.69 Å². The van der Waals surface area contributed by atoms with Crippen LogP contribution in [0, 0.1) is 0 Å². The topological polar surface area (TPSA) is 131 Å². The van der Waals surface area contributed by atoms with Gasteiger partial charge in [-0.25, -0.2) is 15.0 Å². The Kier molecular flexibility index (Phi) is 7.27. The number of pyridine rings is 1. The smallest absolute Gasteiger partial charge is 0.247 e. The average Bonchev–Trinajstić information content (AvgIpc) is 2.97. The summed E-state index contributed by atoms with van der Waals surface area (Å²) in [6.07, 6.45) is 2.97. The lowest BCUT2D eigenvalue weighted by atomic mass is 9.98. The highest BCUT2D eigenvalue weighted by Gasteiger charge is 2.37. The van der Waals surface area contributed by atoms with Crippen LogP contribution in [0.15, 0.2) is 73.4 Å². The number of hydrogen-bond acceptors (Lipinski definition) is 9. The van der Waals surface area contributed by atoms with E-state index in [9.17, 15) is 9.90 Å². The third kappa shape index (κ3) is 5.05. The van der Waals surface area contributed by atoms with E-state index in [2.05, 4.69) is 32.5 Å². The van der Waals surface area contributed by atoms with Crippen LogP contribution >= 0.6 is 0 Å². The van der Waals surface area contributed by atoms with Gasteiger partial charge in [0.1, 0.15) is 11.3 Å². The third-order valence-electron chi connectivity index (χ3n) is 6.33. The van der Waals surface area contributed by atoms with E-state index in [1.54, 1.807) is 12.3 Å². The van der Waals surface area contributed by atoms with Crippen LogP contribution in [0.3, 0.4) is 0 Å². The molecule has 10 heteroatoms. The Labute approximate surface area is 219 Å². The molecular weight excluding hydrogens is 484 g/mol. The minimum atomic E-state index is -0.932. The molecule has 194 valence electrons. The quantitative estimate of drug-likeness (QED) is 0.263. The van der Waals surface area contributed by atoms with Gasteiger partial charge in [-0.2, -0.15) is 0 Å². The number of aliphatic hydroxyl groups is 1. The van der Waals surface area contributed by atoms with Crippen LogP contribution in [-0.4, -0.2) is 59.4 Å². The number of ether oxygens (including phenoxy) is 2. The maximum absolute atomic E-state index is 11.8. The summed E-state index contributed by atoms with van der Waals surface area (Å²) >= 11 is 0. The standard InChI is InChI=1S/C28H28N6O4/c1-3-24(36)31-20-8-4-6-18(14-20)21-9-5-7-19-15-30-27(34-25(19)21)32-22-10-11-23(33-26(22)37-2)28(17-35)16-29-12-13-38-28/h3-11,14-15,29,35H,1,12-13,16-17H2,2H3,(H,31,36)(H,30,32,34)/t28-/m1/s1. The Morgan fingerprint density at radius 2 is 2.11 bits per heavy atom. The van der Waals surface area contributed by atoms with Crippen molar-refractivity contribution in [2.24, 2.45) is 0 Å². The molecule has 0 unspecified atom stereocenters. The number of benzene rings is 2. The van der Waals surface area contributed by atoms with Gasteiger partial charge in [-0.1, -0.05) is 36.9 Å². The molecule has 2 aromatic carbocycles. The SMILES string of the molecule is C=CC(=O)Nc1cccc(-c2cccc3cnc(Nc4ccc([C@]5(CO)CNCCO5)nc4OC)nc23)c1. The molecule has 0 aliphatic carbocycles. The number of carbonyl (C=O) groups excluding carboxylic acids is 1. The van der Waals surface area contributed by atoms with E-state index in [4.69, 9.17) is 14.5 Å². The lowest BCUT2D eigenvalue weighted by molar-refractivity contribution is -0.111. The summed E-state index contributed by atoms with van der Waals surface area (Å²) in [5.41, 5.74) is 3.37. The summed E-state index contributed by atoms with van der Waals surface area (Å²) in [6.45, 7) is 4.93. The van der Waals surface area contributed by atoms with E-state index in [1.807, 2.05) is 48.5 Å². The zero-order valence-corrected chi connectivity index (χ0v) is 20.9. The van der Waals surface area contributed by atoms with Gasteiger partial charge in [0, 0.05) is 35.9 Å². The lowest BCUT2D eigenvalue weighted by Gasteiger charge is -2.35. The highest BCUT2D eigenvalue weighted by molar-refractivity contribution is 6.00. The molecule has 38 heavy (non-hydrogen) atoms. The lowest BCUT2D eigenvalue weighted by Crippen LogP contribution is -2.50. The molecular formula is C28H28N6O4. The van der Waals surface area contributed by atoms with Gasteiger partial charge in [0.2, 0.25) is 17.7 Å². The van der Waals surface area contributed by atoms with E-state index in [0.29, 0.717) is 48.6 Å². The molecule has 10 nitrogen and oxygen atoms in total. The Morgan fingerprint density at radius 3 is 2.87 bits per heavy atom. The number of para-hydroxylation sites is 1. The molecule has 1 aliphatic rings. The van der Waals surface area contributed by atoms with Crippen molar-refractivity contribution in [1.29, 1.82) is 0 Å². The molecule has 0 bridgehead atoms. The second kappa shape index (κ2) is 10.9. The molecule has 0 saturated carbocycles. The molecule has 0 radical (unpaired) electrons. The number of anilines is 3. The maximum atomic E-state index is 11.8. The average molecular weight is 513 g/mol. The van der Waals surface area contributed by atoms with Gasteiger partial charge in [-0.3, -0.25) is 4.79 Å². The van der Waals surface area contributed by atoms with Gasteiger partial charge < -0.3 is 30.5 Å². The fourth-order valence-corrected chi connectivity index (χ4v) is 4.38. The van der Waals surface area contributed by atoms with Crippen molar-refractivity contribution < 1.29 is 19.4 Å². The van der Waals surface area contributed by atoms with Gasteiger partial charge in [-0.05, 0) is 35.9 Å². The highest BCUT2D eigenvalue weighted by atomic mass is 16.5. The van der Waals surface area contributed by atoms with Crippen molar-refractivity contribution >= 4 is 34.1 Å². The number of morpholine rings is 1. The monoisotopic (exact) mass is 512 g/mol. The predicted octanol–water partition coefficient (Wildman–Crippen LogP) is 3.38. The number of rotatable bonds is 8. The number of amides is 1. The first-order chi connectivity index (χ1) is 18.5. The van der Waals surface area contributed by atoms with Gasteiger partial charge >= 0.3 is 0 Å². The van der Waals surface area contributed by atoms with Crippen LogP contribution in [0.4, 0.5) is 17.3 Å². The predicted molar refractivity (Wildman–Crippen MR) is 145 cm³/mol. The first-order valence-electron chi connectivity index (χ1n) is 12.1. The minimum Gasteiger partial charge on any atom is -0.480 e. The number of fused-ring (bicyclic) bond motifs is 1. The van der Waals surface area contributed by atoms with Gasteiger partial charge in [0.15, 0.2) is 0 Å². The molecule has 0 spiro atoms. The van der Waals surface area contributed by atoms with E-state index in [-0.39, 0.29) is 12.5 Å². The Morgan fingerprint density at radius 1 is 1.24 bits per heavy atom. The summed E-state index contributed by atoms with van der Waals surface area (Å²) < 4.78 is 11.4. The van der Waals surface area contributed by atoms with Gasteiger partial charge in [0.05, 0.1) is 31.5 Å². The maximum Gasteiger partial charge on any atom is 0.247 e. The van der Waals surface area contributed by atoms with E-state index in [1.165, 1.54) is 13.2 Å². The zero-order valence-electron chi connectivity index (χ0n) is 20.9. The van der Waals surface area contributed by atoms with E-state index in [0.717, 1.165) is 22.0 Å². The zero-order chi connectivity index (χ0) is 26.5. The molecule has 1 aliphatic heterocycles. The molecule has 1 fully saturated rings. The fraction of sp³-hybridized carbons (Fsp3) is 0.214. The number of nitrogens with one attached hydrogen (secondary N) is 3. The summed E-state index contributed by atoms with van der Waals surface area (Å²) in [4.78, 5) is 25.6. The molecule has 3 heterocycles. The van der Waals surface area contributed by atoms with Crippen LogP contribution in [0.5, 0.6) is 5.88 Å². The second-order valence-corrected chi connectivity index (χ2v) is 8.77. The summed E-state index contributed by atoms with van der Waals surface area (Å²) in [6, 6.07) is 17.0. The third-order valence-corrected chi connectivity index (χ3v) is 6.33. The van der Waals surface area contributed by atoms with Crippen molar-refractivity contribution in [3.05, 3.63) is 79.1 Å². The first kappa shape index (κ1) is 25.3. The molecule has 4 N–H and O–H groups in total. The highest BCUT2D eigenvalue weighted by Crippen LogP contribution is 2.33. The first-order valence-corrected chi connectivity index (χ1v) is 12.1. The van der Waals surface area contributed by atoms with Crippen LogP contribution in [-0.2, 0) is 15.1 Å². The van der Waals surface area contributed by atoms with Crippen molar-refractivity contribution in [2.75, 3.05) is 44.0 Å². The molecule has 1 saturated heterocycles. The number of aliphatic hydroxyl groups excluding tert-OH is 1. The van der Waals surface area contributed by atoms with E-state index < -0.39 is 5.60 Å². The molecule has 1 amide bonds. The Hall–Kier alpha value is -4.38. The van der Waals surface area contributed by atoms with Crippen molar-refractivity contribution in [3.8, 4) is 17.0 Å². The van der Waals surface area contributed by atoms with Crippen LogP contribution in [0.2, 0.25) is 0 Å². The Bertz CT molecular complexity index is 1490. The van der Waals surface area contributed by atoms with Crippen molar-refractivity contribution in [1.82, 2.24) is 20.3 Å². The van der Waals surface area contributed by atoms with Gasteiger partial charge in [-0.15, -0.1) is 0 Å². The fourth-order valence-electron chi connectivity index (χ4n) is 4.38. The summed E-state index contributed by atoms with van der Waals surface area (Å²) in [5.74, 6) is 0.409. The van der Waals surface area contributed by atoms with Gasteiger partial charge in [0.25, 0.3) is 0 Å². The molecule has 5 rings (SSSR count). The minimum absolute atomic E-state index is 0.210. The number of methoxy groups -OCH3 is 1.